The van der Waals surface area contributed by atoms with Crippen LogP contribution in [0.25, 0.3) is 6.08 Å². The molecule has 0 bridgehead atoms. The monoisotopic (exact) mass is 436 g/mol. The molecule has 5 nitrogen and oxygen atoms in total. The van der Waals surface area contributed by atoms with E-state index >= 15 is 0 Å². The van der Waals surface area contributed by atoms with Crippen LogP contribution in [0.5, 0.6) is 5.75 Å². The van der Waals surface area contributed by atoms with Crippen LogP contribution in [0, 0.1) is 0 Å². The Morgan fingerprint density at radius 1 is 0.893 bits per heavy atom. The summed E-state index contributed by atoms with van der Waals surface area (Å²) in [7, 11) is 0. The zero-order chi connectivity index (χ0) is 19.9. The Labute approximate surface area is 170 Å². The third-order valence-corrected chi connectivity index (χ3v) is 4.38. The molecule has 3 rings (SSSR count). The third kappa shape index (κ3) is 5.31. The first-order valence-electron chi connectivity index (χ1n) is 8.45. The van der Waals surface area contributed by atoms with Crippen LogP contribution < -0.4 is 10.6 Å². The molecule has 3 aromatic rings. The summed E-state index contributed by atoms with van der Waals surface area (Å²) in [5.74, 6) is -0.799. The summed E-state index contributed by atoms with van der Waals surface area (Å²) in [4.78, 5) is 24.2. The Hall–Kier alpha value is -3.38. The fourth-order valence-corrected chi connectivity index (χ4v) is 2.69. The Bertz CT molecular complexity index is 1020. The second-order valence-corrected chi connectivity index (χ2v) is 6.84. The van der Waals surface area contributed by atoms with E-state index in [4.69, 9.17) is 0 Å². The summed E-state index contributed by atoms with van der Waals surface area (Å²) < 4.78 is 0.962. The number of aromatic hydroxyl groups is 1. The van der Waals surface area contributed by atoms with Crippen molar-refractivity contribution in [2.75, 3.05) is 10.6 Å². The molecule has 0 spiro atoms. The van der Waals surface area contributed by atoms with Crippen molar-refractivity contribution >= 4 is 45.2 Å². The molecule has 3 N–H and O–H groups in total. The summed E-state index contributed by atoms with van der Waals surface area (Å²) in [5.41, 5.74) is 2.05. The van der Waals surface area contributed by atoms with Gasteiger partial charge in [-0.3, -0.25) is 9.59 Å². The first-order valence-corrected chi connectivity index (χ1v) is 9.24. The minimum absolute atomic E-state index is 0.140. The van der Waals surface area contributed by atoms with E-state index in [1.54, 1.807) is 36.4 Å². The molecule has 0 aliphatic heterocycles. The maximum atomic E-state index is 12.2. The Balaban J connectivity index is 1.62. The number of anilines is 2. The molecular formula is C22H17BrN2O3. The topological polar surface area (TPSA) is 78.4 Å². The Morgan fingerprint density at radius 2 is 1.61 bits per heavy atom. The molecule has 0 saturated heterocycles. The van der Waals surface area contributed by atoms with Crippen molar-refractivity contribution in [1.82, 2.24) is 0 Å². The third-order valence-electron chi connectivity index (χ3n) is 3.85. The minimum Gasteiger partial charge on any atom is -0.506 e. The predicted molar refractivity (Wildman–Crippen MR) is 114 cm³/mol. The zero-order valence-electron chi connectivity index (χ0n) is 14.7. The number of rotatable bonds is 5. The highest BCUT2D eigenvalue weighted by Gasteiger charge is 2.09. The first kappa shape index (κ1) is 19.4. The number of halogens is 1. The number of carbonyl (C=O) groups is 2. The van der Waals surface area contributed by atoms with Crippen LogP contribution in [0.2, 0.25) is 0 Å². The van der Waals surface area contributed by atoms with E-state index < -0.39 is 0 Å². The number of amides is 2. The van der Waals surface area contributed by atoms with Gasteiger partial charge in [-0.05, 0) is 48.0 Å². The van der Waals surface area contributed by atoms with Crippen LogP contribution in [0.4, 0.5) is 11.4 Å². The second kappa shape index (κ2) is 9.01. The highest BCUT2D eigenvalue weighted by molar-refractivity contribution is 9.10. The lowest BCUT2D eigenvalue weighted by Crippen LogP contribution is -2.12. The van der Waals surface area contributed by atoms with Gasteiger partial charge in [0.25, 0.3) is 5.91 Å². The standard InChI is InChI=1S/C22H17BrN2O3/c23-17-9-6-15(7-10-17)8-13-21(27)24-18-11-12-19(20(26)14-18)25-22(28)16-4-2-1-3-5-16/h1-14,26H,(H,24,27)(H,25,28)/b13-8+. The molecule has 0 aliphatic carbocycles. The molecule has 0 atom stereocenters. The average molecular weight is 437 g/mol. The van der Waals surface area contributed by atoms with Crippen molar-refractivity contribution in [2.24, 2.45) is 0 Å². The molecule has 140 valence electrons. The highest BCUT2D eigenvalue weighted by Crippen LogP contribution is 2.27. The molecule has 0 unspecified atom stereocenters. The Morgan fingerprint density at radius 3 is 2.29 bits per heavy atom. The number of phenolic OH excluding ortho intramolecular Hbond substituents is 1. The first-order chi connectivity index (χ1) is 13.5. The van der Waals surface area contributed by atoms with E-state index in [1.807, 2.05) is 30.3 Å². The van der Waals surface area contributed by atoms with Gasteiger partial charge in [0, 0.05) is 27.9 Å². The van der Waals surface area contributed by atoms with Gasteiger partial charge in [-0.1, -0.05) is 46.3 Å². The Kier molecular flexibility index (Phi) is 6.24. The van der Waals surface area contributed by atoms with Crippen molar-refractivity contribution in [3.63, 3.8) is 0 Å². The molecule has 0 aliphatic rings. The summed E-state index contributed by atoms with van der Waals surface area (Å²) in [6.07, 6.45) is 3.10. The molecule has 0 saturated carbocycles. The van der Waals surface area contributed by atoms with Crippen molar-refractivity contribution in [1.29, 1.82) is 0 Å². The van der Waals surface area contributed by atoms with Gasteiger partial charge in [-0.25, -0.2) is 0 Å². The molecule has 3 aromatic carbocycles. The quantitative estimate of drug-likeness (QED) is 0.386. The fraction of sp³-hybridized carbons (Fsp3) is 0. The van der Waals surface area contributed by atoms with Crippen LogP contribution in [-0.2, 0) is 4.79 Å². The van der Waals surface area contributed by atoms with Crippen LogP contribution in [0.15, 0.2) is 83.3 Å². The maximum Gasteiger partial charge on any atom is 0.255 e. The minimum atomic E-state index is -0.330. The van der Waals surface area contributed by atoms with E-state index in [2.05, 4.69) is 26.6 Å². The average Bonchev–Trinajstić information content (AvgIpc) is 2.70. The highest BCUT2D eigenvalue weighted by atomic mass is 79.9. The van der Waals surface area contributed by atoms with Gasteiger partial charge in [0.15, 0.2) is 0 Å². The van der Waals surface area contributed by atoms with Crippen LogP contribution >= 0.6 is 15.9 Å². The van der Waals surface area contributed by atoms with E-state index in [0.717, 1.165) is 10.0 Å². The van der Waals surface area contributed by atoms with Crippen molar-refractivity contribution in [2.45, 2.75) is 0 Å². The van der Waals surface area contributed by atoms with E-state index in [0.29, 0.717) is 11.3 Å². The van der Waals surface area contributed by atoms with Gasteiger partial charge in [-0.15, -0.1) is 0 Å². The van der Waals surface area contributed by atoms with Crippen LogP contribution in [0.3, 0.4) is 0 Å². The molecule has 0 fully saturated rings. The van der Waals surface area contributed by atoms with Crippen LogP contribution in [0.1, 0.15) is 15.9 Å². The molecule has 6 heteroatoms. The predicted octanol–water partition coefficient (Wildman–Crippen LogP) is 5.06. The number of nitrogens with one attached hydrogen (secondary N) is 2. The molecule has 2 amide bonds. The smallest absolute Gasteiger partial charge is 0.255 e. The van der Waals surface area contributed by atoms with Gasteiger partial charge < -0.3 is 15.7 Å². The van der Waals surface area contributed by atoms with Crippen molar-refractivity contribution in [3.05, 3.63) is 94.5 Å². The summed E-state index contributed by atoms with van der Waals surface area (Å²) in [6, 6.07) is 20.7. The van der Waals surface area contributed by atoms with E-state index in [9.17, 15) is 14.7 Å². The van der Waals surface area contributed by atoms with Gasteiger partial charge in [0.2, 0.25) is 5.91 Å². The van der Waals surface area contributed by atoms with Crippen LogP contribution in [-0.4, -0.2) is 16.9 Å². The largest absolute Gasteiger partial charge is 0.506 e. The second-order valence-electron chi connectivity index (χ2n) is 5.93. The number of carbonyl (C=O) groups excluding carboxylic acids is 2. The molecule has 0 aromatic heterocycles. The van der Waals surface area contributed by atoms with E-state index in [-0.39, 0.29) is 23.3 Å². The molecular weight excluding hydrogens is 420 g/mol. The summed E-state index contributed by atoms with van der Waals surface area (Å²) in [6.45, 7) is 0. The number of hydrogen-bond acceptors (Lipinski definition) is 3. The lowest BCUT2D eigenvalue weighted by molar-refractivity contribution is -0.111. The molecule has 28 heavy (non-hydrogen) atoms. The summed E-state index contributed by atoms with van der Waals surface area (Å²) >= 11 is 3.36. The lowest BCUT2D eigenvalue weighted by Gasteiger charge is -2.09. The van der Waals surface area contributed by atoms with Crippen molar-refractivity contribution < 1.29 is 14.7 Å². The lowest BCUT2D eigenvalue weighted by atomic mass is 10.2. The molecule has 0 heterocycles. The maximum absolute atomic E-state index is 12.2. The number of hydrogen-bond donors (Lipinski definition) is 3. The van der Waals surface area contributed by atoms with Gasteiger partial charge in [0.1, 0.15) is 5.75 Å². The summed E-state index contributed by atoms with van der Waals surface area (Å²) in [5, 5.41) is 15.5. The SMILES string of the molecule is O=C(/C=C/c1ccc(Br)cc1)Nc1ccc(NC(=O)c2ccccc2)c(O)c1. The molecule has 0 radical (unpaired) electrons. The number of phenols is 1. The van der Waals surface area contributed by atoms with Gasteiger partial charge >= 0.3 is 0 Å². The zero-order valence-corrected chi connectivity index (χ0v) is 16.3. The van der Waals surface area contributed by atoms with Gasteiger partial charge in [0.05, 0.1) is 5.69 Å². The fourth-order valence-electron chi connectivity index (χ4n) is 2.43. The van der Waals surface area contributed by atoms with Gasteiger partial charge in [-0.2, -0.15) is 0 Å². The van der Waals surface area contributed by atoms with E-state index in [1.165, 1.54) is 18.2 Å². The normalized spacial score (nSPS) is 10.6. The van der Waals surface area contributed by atoms with Crippen molar-refractivity contribution in [3.8, 4) is 5.75 Å². The number of benzene rings is 3.